The number of fused-ring (bicyclic) bond motifs is 1. The van der Waals surface area contributed by atoms with Gasteiger partial charge in [-0.05, 0) is 43.2 Å². The Morgan fingerprint density at radius 2 is 1.90 bits per heavy atom. The van der Waals surface area contributed by atoms with Gasteiger partial charge >= 0.3 is 0 Å². The molecule has 3 rings (SSSR count). The molecule has 3 aromatic rings. The van der Waals surface area contributed by atoms with E-state index in [4.69, 9.17) is 0 Å². The smallest absolute Gasteiger partial charge is 0.137 e. The predicted octanol–water partition coefficient (Wildman–Crippen LogP) is 3.43. The van der Waals surface area contributed by atoms with Gasteiger partial charge < -0.3 is 9.51 Å². The van der Waals surface area contributed by atoms with Gasteiger partial charge in [-0.3, -0.25) is 0 Å². The zero-order valence-electron chi connectivity index (χ0n) is 12.0. The Bertz CT molecular complexity index is 775. The van der Waals surface area contributed by atoms with E-state index in [1.54, 1.807) is 19.1 Å². The van der Waals surface area contributed by atoms with Crippen LogP contribution in [0.2, 0.25) is 0 Å². The van der Waals surface area contributed by atoms with Gasteiger partial charge in [-0.15, -0.1) is 0 Å². The highest BCUT2D eigenvalue weighted by Crippen LogP contribution is 2.23. The molecule has 0 aliphatic rings. The van der Waals surface area contributed by atoms with Crippen molar-refractivity contribution in [3.05, 3.63) is 70.9 Å². The Labute approximate surface area is 122 Å². The first-order valence-electron chi connectivity index (χ1n) is 6.94. The van der Waals surface area contributed by atoms with Crippen LogP contribution in [0.3, 0.4) is 0 Å². The number of hydrogen-bond donors (Lipinski definition) is 1. The van der Waals surface area contributed by atoms with Gasteiger partial charge in [0.25, 0.3) is 0 Å². The number of halogens is 1. The molecule has 0 saturated heterocycles. The van der Waals surface area contributed by atoms with Gasteiger partial charge in [0, 0.05) is 12.6 Å². The summed E-state index contributed by atoms with van der Waals surface area (Å²) in [5.41, 5.74) is 4.50. The van der Waals surface area contributed by atoms with E-state index in [-0.39, 0.29) is 5.82 Å². The molecule has 2 heterocycles. The van der Waals surface area contributed by atoms with E-state index in [0.29, 0.717) is 6.42 Å². The first-order chi connectivity index (χ1) is 10.0. The van der Waals surface area contributed by atoms with Crippen LogP contribution < -0.4 is 0 Å². The first-order valence-corrected chi connectivity index (χ1v) is 6.94. The van der Waals surface area contributed by atoms with Crippen molar-refractivity contribution >= 4 is 5.65 Å². The number of nitrogens with zero attached hydrogens (tertiary/aromatic N) is 2. The van der Waals surface area contributed by atoms with Crippen molar-refractivity contribution in [2.45, 2.75) is 26.4 Å². The number of aliphatic hydroxyl groups is 1. The number of imidazole rings is 1. The van der Waals surface area contributed by atoms with Crippen LogP contribution in [0.4, 0.5) is 4.39 Å². The van der Waals surface area contributed by atoms with Crippen molar-refractivity contribution in [1.82, 2.24) is 9.38 Å². The van der Waals surface area contributed by atoms with Gasteiger partial charge in [0.2, 0.25) is 0 Å². The maximum atomic E-state index is 13.0. The van der Waals surface area contributed by atoms with Gasteiger partial charge in [0.15, 0.2) is 0 Å². The van der Waals surface area contributed by atoms with Crippen LogP contribution in [0.5, 0.6) is 0 Å². The Hall–Kier alpha value is -2.20. The summed E-state index contributed by atoms with van der Waals surface area (Å²) < 4.78 is 14.9. The molecule has 0 saturated carbocycles. The molecule has 21 heavy (non-hydrogen) atoms. The molecule has 0 fully saturated rings. The van der Waals surface area contributed by atoms with Crippen LogP contribution >= 0.6 is 0 Å². The minimum atomic E-state index is -0.614. The van der Waals surface area contributed by atoms with E-state index in [1.165, 1.54) is 12.1 Å². The number of aromatic nitrogens is 2. The molecule has 1 aromatic carbocycles. The second kappa shape index (κ2) is 5.30. The summed E-state index contributed by atoms with van der Waals surface area (Å²) in [6.07, 6.45) is 1.93. The molecular weight excluding hydrogens is 267 g/mol. The van der Waals surface area contributed by atoms with Crippen LogP contribution in [-0.4, -0.2) is 14.5 Å². The summed E-state index contributed by atoms with van der Waals surface area (Å²) in [5.74, 6) is -0.250. The molecule has 0 amide bonds. The lowest BCUT2D eigenvalue weighted by molar-refractivity contribution is 0.192. The van der Waals surface area contributed by atoms with Gasteiger partial charge in [-0.2, -0.15) is 0 Å². The lowest BCUT2D eigenvalue weighted by Crippen LogP contribution is -2.02. The van der Waals surface area contributed by atoms with Gasteiger partial charge in [-0.25, -0.2) is 9.37 Å². The fourth-order valence-corrected chi connectivity index (χ4v) is 2.59. The quantitative estimate of drug-likeness (QED) is 0.800. The summed E-state index contributed by atoms with van der Waals surface area (Å²) >= 11 is 0. The third-order valence-electron chi connectivity index (χ3n) is 3.56. The maximum absolute atomic E-state index is 13.0. The molecule has 1 atom stereocenters. The van der Waals surface area contributed by atoms with E-state index < -0.39 is 6.10 Å². The molecule has 1 N–H and O–H groups in total. The average Bonchev–Trinajstić information content (AvgIpc) is 2.78. The highest BCUT2D eigenvalue weighted by molar-refractivity contribution is 5.46. The molecule has 1 unspecified atom stereocenters. The van der Waals surface area contributed by atoms with Gasteiger partial charge in [-0.1, -0.05) is 18.2 Å². The van der Waals surface area contributed by atoms with E-state index >= 15 is 0 Å². The number of benzene rings is 1. The minimum Gasteiger partial charge on any atom is -0.387 e. The van der Waals surface area contributed by atoms with Gasteiger partial charge in [0.05, 0.1) is 17.5 Å². The monoisotopic (exact) mass is 284 g/mol. The van der Waals surface area contributed by atoms with Crippen LogP contribution in [0.1, 0.15) is 35.5 Å². The van der Waals surface area contributed by atoms with Crippen molar-refractivity contribution in [3.63, 3.8) is 0 Å². The third-order valence-corrected chi connectivity index (χ3v) is 3.56. The summed E-state index contributed by atoms with van der Waals surface area (Å²) in [6, 6.07) is 10.3. The second-order valence-corrected chi connectivity index (χ2v) is 5.36. The molecular formula is C17H17FN2O. The highest BCUT2D eigenvalue weighted by atomic mass is 19.1. The van der Waals surface area contributed by atoms with E-state index in [0.717, 1.165) is 28.2 Å². The molecule has 0 bridgehead atoms. The van der Waals surface area contributed by atoms with Crippen LogP contribution in [-0.2, 0) is 6.42 Å². The Kier molecular flexibility index (Phi) is 3.47. The van der Waals surface area contributed by atoms with Crippen molar-refractivity contribution < 1.29 is 9.50 Å². The molecule has 4 heteroatoms. The van der Waals surface area contributed by atoms with E-state index in [9.17, 15) is 9.50 Å². The lowest BCUT2D eigenvalue weighted by atomic mass is 10.1. The molecule has 3 nitrogen and oxygen atoms in total. The normalized spacial score (nSPS) is 12.8. The number of aryl methyl sites for hydroxylation is 1. The fourth-order valence-electron chi connectivity index (χ4n) is 2.59. The van der Waals surface area contributed by atoms with Crippen LogP contribution in [0.25, 0.3) is 5.65 Å². The number of hydrogen-bond acceptors (Lipinski definition) is 2. The number of aliphatic hydroxyl groups excluding tert-OH is 1. The Morgan fingerprint density at radius 1 is 1.19 bits per heavy atom. The fraction of sp³-hybridized carbons (Fsp3) is 0.235. The predicted molar refractivity (Wildman–Crippen MR) is 79.8 cm³/mol. The summed E-state index contributed by atoms with van der Waals surface area (Å²) in [7, 11) is 0. The SMILES string of the molecule is Cc1ccc2nc(Cc3ccc(F)cc3)c(C(C)O)n2c1. The van der Waals surface area contributed by atoms with Crippen molar-refractivity contribution in [1.29, 1.82) is 0 Å². The van der Waals surface area contributed by atoms with E-state index in [1.807, 2.05) is 29.7 Å². The standard InChI is InChI=1S/C17H17FN2O/c1-11-3-8-16-19-15(17(12(2)21)20(16)10-11)9-13-4-6-14(18)7-5-13/h3-8,10,12,21H,9H2,1-2H3. The lowest BCUT2D eigenvalue weighted by Gasteiger charge is -2.08. The first kappa shape index (κ1) is 13.8. The van der Waals surface area contributed by atoms with Crippen molar-refractivity contribution in [2.24, 2.45) is 0 Å². The van der Waals surface area contributed by atoms with Gasteiger partial charge in [0.1, 0.15) is 11.5 Å². The second-order valence-electron chi connectivity index (χ2n) is 5.36. The third kappa shape index (κ3) is 2.67. The summed E-state index contributed by atoms with van der Waals surface area (Å²) in [5, 5.41) is 10.1. The zero-order valence-corrected chi connectivity index (χ0v) is 12.0. The number of rotatable bonds is 3. The average molecular weight is 284 g/mol. The number of pyridine rings is 1. The molecule has 2 aromatic heterocycles. The summed E-state index contributed by atoms with van der Waals surface area (Å²) in [4.78, 5) is 4.60. The minimum absolute atomic E-state index is 0.250. The highest BCUT2D eigenvalue weighted by Gasteiger charge is 2.16. The molecule has 0 spiro atoms. The summed E-state index contributed by atoms with van der Waals surface area (Å²) in [6.45, 7) is 3.74. The topological polar surface area (TPSA) is 37.5 Å². The zero-order chi connectivity index (χ0) is 15.0. The van der Waals surface area contributed by atoms with Crippen LogP contribution in [0.15, 0.2) is 42.6 Å². The largest absolute Gasteiger partial charge is 0.387 e. The van der Waals surface area contributed by atoms with E-state index in [2.05, 4.69) is 4.98 Å². The van der Waals surface area contributed by atoms with Crippen molar-refractivity contribution in [3.8, 4) is 0 Å². The molecule has 108 valence electrons. The Balaban J connectivity index is 2.08. The van der Waals surface area contributed by atoms with Crippen LogP contribution in [0, 0.1) is 12.7 Å². The molecule has 0 aliphatic heterocycles. The molecule has 0 radical (unpaired) electrons. The molecule has 0 aliphatic carbocycles. The maximum Gasteiger partial charge on any atom is 0.137 e. The van der Waals surface area contributed by atoms with Crippen molar-refractivity contribution in [2.75, 3.05) is 0 Å². The Morgan fingerprint density at radius 3 is 2.57 bits per heavy atom.